The molecule has 11 aromatic rings. The van der Waals surface area contributed by atoms with Crippen LogP contribution in [0.25, 0.3) is 65.4 Å². The third kappa shape index (κ3) is 7.59. The summed E-state index contributed by atoms with van der Waals surface area (Å²) in [4.78, 5) is 4.75. The lowest BCUT2D eigenvalue weighted by Crippen LogP contribution is -2.37. The predicted octanol–water partition coefficient (Wildman–Crippen LogP) is 16.7. The van der Waals surface area contributed by atoms with Gasteiger partial charge in [-0.1, -0.05) is 141 Å². The van der Waals surface area contributed by atoms with Crippen LogP contribution in [0.4, 0.5) is 34.1 Å². The highest BCUT2D eigenvalue weighted by Crippen LogP contribution is 2.45. The van der Waals surface area contributed by atoms with Crippen LogP contribution in [0.3, 0.4) is 0 Å². The van der Waals surface area contributed by atoms with Gasteiger partial charge in [-0.05, 0) is 127 Å². The first kappa shape index (κ1) is 43.0. The van der Waals surface area contributed by atoms with E-state index < -0.39 is 24.2 Å². The van der Waals surface area contributed by atoms with Crippen molar-refractivity contribution in [1.82, 2.24) is 0 Å². The SMILES string of the molecule is Cc1ccc(N(c2ccc([Si](C)(C)C)cc2)c2ccc3c(ccc4c5ccc6oc7c8ccc(N(c9ccc([Si](C)(C)C)cc9)c9ccc([Si](C)(C)C)cc9)cc8ccc7c6c5oc34)c2)cc1. The molecule has 4 nitrogen and oxygen atoms in total. The standard InChI is InChI=1S/C60H58N2O2Si3/c1-39-11-15-42(16-12-39)61(43-17-25-48(26-18-43)65(2,3)4)46-23-33-51-40(37-46)13-31-53-54-35-36-56-57(60(54)64-58(51)53)55-32-14-41-38-47(24-34-52(41)59(55)63-56)62(44-19-27-49(28-20-44)66(5,6)7)45-21-29-50(30-22-45)67(8,9)10/h11-38H,1-10H3. The number of aryl methyl sites for hydroxylation is 1. The van der Waals surface area contributed by atoms with Crippen LogP contribution in [0.15, 0.2) is 179 Å². The molecule has 0 unspecified atom stereocenters. The van der Waals surface area contributed by atoms with Crippen molar-refractivity contribution in [3.05, 3.63) is 175 Å². The van der Waals surface area contributed by atoms with Crippen molar-refractivity contribution < 1.29 is 8.83 Å². The number of hydrogen-bond donors (Lipinski definition) is 0. The van der Waals surface area contributed by atoms with E-state index >= 15 is 0 Å². The molecule has 332 valence electrons. The number of nitrogens with zero attached hydrogens (tertiary/aromatic N) is 2. The molecule has 0 atom stereocenters. The average Bonchev–Trinajstić information content (AvgIpc) is 3.88. The molecule has 0 aliphatic heterocycles. The molecule has 7 heteroatoms. The van der Waals surface area contributed by atoms with Crippen molar-refractivity contribution in [3.8, 4) is 0 Å². The van der Waals surface area contributed by atoms with Crippen LogP contribution in [0.2, 0.25) is 58.9 Å². The van der Waals surface area contributed by atoms with Gasteiger partial charge in [-0.25, -0.2) is 0 Å². The second-order valence-electron chi connectivity index (χ2n) is 21.6. The van der Waals surface area contributed by atoms with Gasteiger partial charge in [0.15, 0.2) is 0 Å². The van der Waals surface area contributed by atoms with Gasteiger partial charge in [-0.15, -0.1) is 0 Å². The van der Waals surface area contributed by atoms with E-state index in [2.05, 4.69) is 246 Å². The van der Waals surface area contributed by atoms with Gasteiger partial charge in [-0.3, -0.25) is 0 Å². The van der Waals surface area contributed by atoms with E-state index in [1.165, 1.54) is 21.1 Å². The van der Waals surface area contributed by atoms with Gasteiger partial charge < -0.3 is 18.6 Å². The van der Waals surface area contributed by atoms with Crippen molar-refractivity contribution in [2.24, 2.45) is 0 Å². The van der Waals surface area contributed by atoms with E-state index in [0.29, 0.717) is 0 Å². The highest BCUT2D eigenvalue weighted by molar-refractivity contribution is 6.89. The van der Waals surface area contributed by atoms with Gasteiger partial charge in [0.2, 0.25) is 0 Å². The second-order valence-corrected chi connectivity index (χ2v) is 36.8. The summed E-state index contributed by atoms with van der Waals surface area (Å²) in [6.07, 6.45) is 0. The first-order valence-corrected chi connectivity index (χ1v) is 34.2. The Labute approximate surface area is 397 Å². The molecular formula is C60H58N2O2Si3. The highest BCUT2D eigenvalue weighted by Gasteiger charge is 2.24. The summed E-state index contributed by atoms with van der Waals surface area (Å²) in [6.45, 7) is 23.8. The Morgan fingerprint density at radius 3 is 1.09 bits per heavy atom. The van der Waals surface area contributed by atoms with Crippen LogP contribution in [0, 0.1) is 6.92 Å². The molecule has 2 heterocycles. The molecule has 0 aliphatic carbocycles. The Morgan fingerprint density at radius 2 is 0.657 bits per heavy atom. The van der Waals surface area contributed by atoms with Gasteiger partial charge in [0.1, 0.15) is 22.3 Å². The second kappa shape index (κ2) is 15.7. The zero-order valence-corrected chi connectivity index (χ0v) is 43.4. The van der Waals surface area contributed by atoms with Crippen LogP contribution in [0.1, 0.15) is 5.56 Å². The van der Waals surface area contributed by atoms with Gasteiger partial charge in [-0.2, -0.15) is 0 Å². The summed E-state index contributed by atoms with van der Waals surface area (Å²) in [5.41, 5.74) is 11.5. The fourth-order valence-corrected chi connectivity index (χ4v) is 13.3. The Hall–Kier alpha value is -6.65. The quantitative estimate of drug-likeness (QED) is 0.135. The monoisotopic (exact) mass is 922 g/mol. The smallest absolute Gasteiger partial charge is 0.147 e. The molecule has 0 bridgehead atoms. The number of hydrogen-bond acceptors (Lipinski definition) is 4. The van der Waals surface area contributed by atoms with Crippen LogP contribution in [0.5, 0.6) is 0 Å². The maximum Gasteiger partial charge on any atom is 0.147 e. The van der Waals surface area contributed by atoms with E-state index in [4.69, 9.17) is 8.83 Å². The van der Waals surface area contributed by atoms with E-state index in [1.54, 1.807) is 0 Å². The fraction of sp³-hybridized carbons (Fsp3) is 0.167. The van der Waals surface area contributed by atoms with Crippen LogP contribution in [-0.2, 0) is 0 Å². The van der Waals surface area contributed by atoms with Crippen LogP contribution < -0.4 is 25.4 Å². The first-order chi connectivity index (χ1) is 32.0. The molecule has 0 saturated heterocycles. The zero-order chi connectivity index (χ0) is 46.6. The lowest BCUT2D eigenvalue weighted by atomic mass is 10.0. The van der Waals surface area contributed by atoms with Gasteiger partial charge in [0.05, 0.1) is 29.6 Å². The zero-order valence-electron chi connectivity index (χ0n) is 40.4. The molecule has 0 N–H and O–H groups in total. The molecule has 2 aromatic heterocycles. The molecule has 0 spiro atoms. The number of fused-ring (bicyclic) bond motifs is 11. The fourth-order valence-electron chi connectivity index (χ4n) is 9.84. The Kier molecular flexibility index (Phi) is 10.1. The van der Waals surface area contributed by atoms with Gasteiger partial charge in [0, 0.05) is 61.1 Å². The topological polar surface area (TPSA) is 32.8 Å². The van der Waals surface area contributed by atoms with Crippen molar-refractivity contribution in [2.45, 2.75) is 65.8 Å². The lowest BCUT2D eigenvalue weighted by molar-refractivity contribution is 0.666. The molecule has 11 rings (SSSR count). The molecule has 0 fully saturated rings. The molecule has 0 saturated carbocycles. The maximum atomic E-state index is 7.02. The third-order valence-corrected chi connectivity index (χ3v) is 20.0. The number of benzene rings is 9. The summed E-state index contributed by atoms with van der Waals surface area (Å²) in [5.74, 6) is 0. The first-order valence-electron chi connectivity index (χ1n) is 23.7. The Balaban J connectivity index is 1.01. The maximum absolute atomic E-state index is 7.02. The summed E-state index contributed by atoms with van der Waals surface area (Å²) >= 11 is 0. The predicted molar refractivity (Wildman–Crippen MR) is 299 cm³/mol. The van der Waals surface area contributed by atoms with Gasteiger partial charge in [0.25, 0.3) is 0 Å². The molecule has 0 aliphatic rings. The Bertz CT molecular complexity index is 3620. The molecule has 0 radical (unpaired) electrons. The largest absolute Gasteiger partial charge is 0.455 e. The van der Waals surface area contributed by atoms with Crippen molar-refractivity contribution in [2.75, 3.05) is 9.80 Å². The number of anilines is 6. The minimum atomic E-state index is -1.46. The lowest BCUT2D eigenvalue weighted by Gasteiger charge is -2.28. The summed E-state index contributed by atoms with van der Waals surface area (Å²) in [6, 6.07) is 63.2. The van der Waals surface area contributed by atoms with Crippen molar-refractivity contribution in [3.63, 3.8) is 0 Å². The summed E-state index contributed by atoms with van der Waals surface area (Å²) in [7, 11) is -4.37. The van der Waals surface area contributed by atoms with Crippen LogP contribution in [-0.4, -0.2) is 24.2 Å². The van der Waals surface area contributed by atoms with Crippen molar-refractivity contribution in [1.29, 1.82) is 0 Å². The average molecular weight is 923 g/mol. The normalized spacial score (nSPS) is 12.6. The Morgan fingerprint density at radius 1 is 0.313 bits per heavy atom. The minimum absolute atomic E-state index is 0.824. The van der Waals surface area contributed by atoms with Crippen molar-refractivity contribution >= 4 is 139 Å². The van der Waals surface area contributed by atoms with E-state index in [0.717, 1.165) is 99.5 Å². The van der Waals surface area contributed by atoms with E-state index in [9.17, 15) is 0 Å². The number of furan rings is 2. The van der Waals surface area contributed by atoms with Crippen LogP contribution >= 0.6 is 0 Å². The third-order valence-electron chi connectivity index (χ3n) is 13.8. The molecule has 0 amide bonds. The summed E-state index contributed by atoms with van der Waals surface area (Å²) < 4.78 is 13.8. The number of rotatable bonds is 9. The molecule has 67 heavy (non-hydrogen) atoms. The molecular weight excluding hydrogens is 865 g/mol. The van der Waals surface area contributed by atoms with E-state index in [-0.39, 0.29) is 0 Å². The van der Waals surface area contributed by atoms with Gasteiger partial charge >= 0.3 is 0 Å². The highest BCUT2D eigenvalue weighted by atomic mass is 28.3. The summed E-state index contributed by atoms with van der Waals surface area (Å²) in [5, 5.41) is 13.0. The molecule has 9 aromatic carbocycles. The minimum Gasteiger partial charge on any atom is -0.455 e. The van der Waals surface area contributed by atoms with E-state index in [1.807, 2.05) is 0 Å².